The fraction of sp³-hybridized carbons (Fsp3) is 0.412. The van der Waals surface area contributed by atoms with Crippen molar-refractivity contribution in [1.29, 1.82) is 0 Å². The van der Waals surface area contributed by atoms with Crippen molar-refractivity contribution < 1.29 is 34.7 Å². The Balaban J connectivity index is 1.96. The summed E-state index contributed by atoms with van der Waals surface area (Å²) in [5.41, 5.74) is 0.420. The normalized spacial score (nSPS) is 28.1. The fourth-order valence-corrected chi connectivity index (χ4v) is 2.95. The molecule has 1 saturated heterocycles. The zero-order valence-corrected chi connectivity index (χ0v) is 14.6. The van der Waals surface area contributed by atoms with Gasteiger partial charge in [-0.2, -0.15) is 0 Å². The Morgan fingerprint density at radius 3 is 2.33 bits per heavy atom. The average molecular weight is 380 g/mol. The van der Waals surface area contributed by atoms with E-state index in [4.69, 9.17) is 14.6 Å². The minimum absolute atomic E-state index is 0.168. The van der Waals surface area contributed by atoms with Gasteiger partial charge in [-0.15, -0.1) is 0 Å². The molecule has 2 aromatic rings. The fourth-order valence-electron chi connectivity index (χ4n) is 2.95. The van der Waals surface area contributed by atoms with Crippen molar-refractivity contribution in [2.75, 3.05) is 0 Å². The van der Waals surface area contributed by atoms with Crippen LogP contribution in [0.15, 0.2) is 35.1 Å². The predicted octanol–water partition coefficient (Wildman–Crippen LogP) is -1.24. The lowest BCUT2D eigenvalue weighted by molar-refractivity contribution is -0.271. The number of aliphatic carboxylic acids is 1. The molecule has 27 heavy (non-hydrogen) atoms. The number of carboxylic acid groups (broad SMARTS) is 1. The molecule has 1 aromatic heterocycles. The van der Waals surface area contributed by atoms with Crippen LogP contribution in [0.25, 0.3) is 5.69 Å². The first-order valence-electron chi connectivity index (χ1n) is 8.17. The first-order chi connectivity index (χ1) is 12.7. The van der Waals surface area contributed by atoms with Crippen LogP contribution in [0.2, 0.25) is 0 Å². The number of hydrogen-bond acceptors (Lipinski definition) is 7. The summed E-state index contributed by atoms with van der Waals surface area (Å²) < 4.78 is 13.4. The van der Waals surface area contributed by atoms with Gasteiger partial charge in [0, 0.05) is 7.05 Å². The van der Waals surface area contributed by atoms with E-state index < -0.39 is 42.2 Å². The minimum atomic E-state index is -1.84. The molecule has 0 radical (unpaired) electrons. The molecule has 1 fully saturated rings. The van der Waals surface area contributed by atoms with Gasteiger partial charge >= 0.3 is 11.5 Å². The van der Waals surface area contributed by atoms with Gasteiger partial charge in [0.25, 0.3) is 0 Å². The van der Waals surface area contributed by atoms with Crippen molar-refractivity contribution in [2.24, 2.45) is 7.05 Å². The van der Waals surface area contributed by atoms with Crippen LogP contribution < -0.4 is 10.3 Å². The minimum Gasteiger partial charge on any atom is -0.479 e. The largest absolute Gasteiger partial charge is 0.479 e. The lowest BCUT2D eigenvalue weighted by Crippen LogP contribution is -2.61. The SMILES string of the molecule is Cc1c(OC2OC(C(=O)O)C(O)C(O)C2O)c(=O)n(-c2ccccc2)n1C. The van der Waals surface area contributed by atoms with Crippen LogP contribution in [0.5, 0.6) is 5.75 Å². The monoisotopic (exact) mass is 380 g/mol. The second kappa shape index (κ2) is 7.16. The number of nitrogens with zero attached hydrogens (tertiary/aromatic N) is 2. The predicted molar refractivity (Wildman–Crippen MR) is 90.7 cm³/mol. The Morgan fingerprint density at radius 1 is 1.11 bits per heavy atom. The molecule has 5 atom stereocenters. The first-order valence-corrected chi connectivity index (χ1v) is 8.17. The summed E-state index contributed by atoms with van der Waals surface area (Å²) in [7, 11) is 1.63. The van der Waals surface area contributed by atoms with Crippen molar-refractivity contribution >= 4 is 5.97 Å². The van der Waals surface area contributed by atoms with Crippen LogP contribution in [0.1, 0.15) is 5.69 Å². The van der Waals surface area contributed by atoms with Gasteiger partial charge in [-0.1, -0.05) is 18.2 Å². The number of hydrogen-bond donors (Lipinski definition) is 4. The van der Waals surface area contributed by atoms with Crippen LogP contribution in [0, 0.1) is 6.92 Å². The van der Waals surface area contributed by atoms with E-state index in [1.54, 1.807) is 44.3 Å². The zero-order chi connectivity index (χ0) is 19.9. The molecule has 10 heteroatoms. The first kappa shape index (κ1) is 19.1. The van der Waals surface area contributed by atoms with E-state index in [1.807, 2.05) is 0 Å². The molecule has 5 unspecified atom stereocenters. The summed E-state index contributed by atoms with van der Waals surface area (Å²) in [4.78, 5) is 24.0. The summed E-state index contributed by atoms with van der Waals surface area (Å²) in [6.45, 7) is 1.60. The molecule has 146 valence electrons. The average Bonchev–Trinajstić information content (AvgIpc) is 2.85. The number of aliphatic hydroxyl groups excluding tert-OH is 3. The molecule has 2 heterocycles. The Labute approximate surface area is 153 Å². The molecule has 0 amide bonds. The number of para-hydroxylation sites is 1. The molecule has 10 nitrogen and oxygen atoms in total. The maximum atomic E-state index is 12.8. The third kappa shape index (κ3) is 3.23. The number of carbonyl (C=O) groups is 1. The van der Waals surface area contributed by atoms with Crippen LogP contribution in [-0.2, 0) is 16.6 Å². The van der Waals surface area contributed by atoms with Gasteiger partial charge in [0.05, 0.1) is 11.4 Å². The Kier molecular flexibility index (Phi) is 5.07. The van der Waals surface area contributed by atoms with Gasteiger partial charge in [0.2, 0.25) is 12.0 Å². The summed E-state index contributed by atoms with van der Waals surface area (Å²) in [6.07, 6.45) is -8.86. The quantitative estimate of drug-likeness (QED) is 0.515. The van der Waals surface area contributed by atoms with Crippen molar-refractivity contribution in [2.45, 2.75) is 37.6 Å². The third-order valence-electron chi connectivity index (χ3n) is 4.55. The summed E-state index contributed by atoms with van der Waals surface area (Å²) in [5, 5.41) is 38.8. The lowest BCUT2D eigenvalue weighted by atomic mass is 9.99. The van der Waals surface area contributed by atoms with Crippen molar-refractivity contribution in [3.8, 4) is 11.4 Å². The lowest BCUT2D eigenvalue weighted by Gasteiger charge is -2.38. The number of aromatic nitrogens is 2. The van der Waals surface area contributed by atoms with E-state index in [0.29, 0.717) is 11.4 Å². The van der Waals surface area contributed by atoms with E-state index >= 15 is 0 Å². The number of aliphatic hydroxyl groups is 3. The molecular formula is C17H20N2O8. The molecule has 1 aliphatic heterocycles. The highest BCUT2D eigenvalue weighted by Gasteiger charge is 2.48. The Morgan fingerprint density at radius 2 is 1.74 bits per heavy atom. The molecule has 0 aliphatic carbocycles. The van der Waals surface area contributed by atoms with Crippen molar-refractivity contribution in [3.63, 3.8) is 0 Å². The highest BCUT2D eigenvalue weighted by molar-refractivity contribution is 5.73. The summed E-state index contributed by atoms with van der Waals surface area (Å²) >= 11 is 0. The van der Waals surface area contributed by atoms with Crippen LogP contribution in [-0.4, -0.2) is 66.5 Å². The van der Waals surface area contributed by atoms with Crippen LogP contribution in [0.3, 0.4) is 0 Å². The van der Waals surface area contributed by atoms with Crippen LogP contribution >= 0.6 is 0 Å². The molecule has 4 N–H and O–H groups in total. The third-order valence-corrected chi connectivity index (χ3v) is 4.55. The number of ether oxygens (including phenoxy) is 2. The maximum Gasteiger partial charge on any atom is 0.335 e. The van der Waals surface area contributed by atoms with Gasteiger partial charge in [0.1, 0.15) is 18.3 Å². The number of carboxylic acids is 1. The Bertz CT molecular complexity index is 890. The molecule has 1 aromatic carbocycles. The topological polar surface area (TPSA) is 143 Å². The maximum absolute atomic E-state index is 12.8. The van der Waals surface area contributed by atoms with E-state index in [-0.39, 0.29) is 5.75 Å². The van der Waals surface area contributed by atoms with E-state index in [0.717, 1.165) is 0 Å². The van der Waals surface area contributed by atoms with E-state index in [2.05, 4.69) is 0 Å². The molecule has 0 spiro atoms. The molecule has 0 saturated carbocycles. The highest BCUT2D eigenvalue weighted by Crippen LogP contribution is 2.25. The Hall–Kier alpha value is -2.66. The molecule has 3 rings (SSSR count). The van der Waals surface area contributed by atoms with Gasteiger partial charge in [-0.3, -0.25) is 9.48 Å². The van der Waals surface area contributed by atoms with Crippen molar-refractivity contribution in [3.05, 3.63) is 46.4 Å². The highest BCUT2D eigenvalue weighted by atomic mass is 16.7. The van der Waals surface area contributed by atoms with E-state index in [1.165, 1.54) is 9.36 Å². The van der Waals surface area contributed by atoms with E-state index in [9.17, 15) is 24.9 Å². The van der Waals surface area contributed by atoms with Gasteiger partial charge in [-0.25, -0.2) is 9.48 Å². The van der Waals surface area contributed by atoms with Gasteiger partial charge in [0.15, 0.2) is 6.10 Å². The molecule has 1 aliphatic rings. The van der Waals surface area contributed by atoms with Crippen molar-refractivity contribution in [1.82, 2.24) is 9.36 Å². The standard InChI is InChI=1S/C17H20N2O8/c1-8-13(15(23)19(18(8)2)9-6-4-3-5-7-9)26-17-12(22)10(20)11(21)14(27-17)16(24)25/h3-7,10-12,14,17,20-22H,1-2H3,(H,24,25). The van der Waals surface area contributed by atoms with Crippen LogP contribution in [0.4, 0.5) is 0 Å². The number of benzene rings is 1. The second-order valence-electron chi connectivity index (χ2n) is 6.24. The molecular weight excluding hydrogens is 360 g/mol. The summed E-state index contributed by atoms with van der Waals surface area (Å²) in [6, 6.07) is 8.75. The second-order valence-corrected chi connectivity index (χ2v) is 6.24. The summed E-state index contributed by atoms with van der Waals surface area (Å²) in [5.74, 6) is -1.70. The number of rotatable bonds is 4. The molecule has 0 bridgehead atoms. The van der Waals surface area contributed by atoms with Gasteiger partial charge in [-0.05, 0) is 19.1 Å². The van der Waals surface area contributed by atoms with Gasteiger partial charge < -0.3 is 29.9 Å². The zero-order valence-electron chi connectivity index (χ0n) is 14.6. The smallest absolute Gasteiger partial charge is 0.335 e.